The van der Waals surface area contributed by atoms with Crippen molar-refractivity contribution < 1.29 is 9.59 Å². The smallest absolute Gasteiger partial charge is 0.254 e. The van der Waals surface area contributed by atoms with Crippen molar-refractivity contribution in [1.82, 2.24) is 5.32 Å². The molecule has 1 heterocycles. The van der Waals surface area contributed by atoms with Crippen molar-refractivity contribution in [2.24, 2.45) is 5.73 Å². The fourth-order valence-corrected chi connectivity index (χ4v) is 5.00. The highest BCUT2D eigenvalue weighted by Gasteiger charge is 2.33. The van der Waals surface area contributed by atoms with E-state index in [2.05, 4.69) is 16.0 Å². The van der Waals surface area contributed by atoms with Crippen molar-refractivity contribution in [3.8, 4) is 0 Å². The minimum atomic E-state index is -0.470. The molecule has 0 saturated heterocycles. The second kappa shape index (κ2) is 11.4. The zero-order chi connectivity index (χ0) is 25.7. The standard InChI is InChI=1S/C28H27ClN4O2S/c1-17-7-6-10-22(15-17)32-23(34)16-36-28-26(30)25(19-8-4-3-5-9-19)24(18(2)31-28)27(35)33-21-13-11-20(29)12-14-21/h3-15,25,31H,16,30H2,1-2H3,(H,32,34)(H,33,35). The zero-order valence-electron chi connectivity index (χ0n) is 20.0. The molecule has 5 N–H and O–H groups in total. The molecule has 1 atom stereocenters. The minimum Gasteiger partial charge on any atom is -0.399 e. The summed E-state index contributed by atoms with van der Waals surface area (Å²) >= 11 is 7.29. The molecule has 6 nitrogen and oxygen atoms in total. The summed E-state index contributed by atoms with van der Waals surface area (Å²) in [5.74, 6) is -0.711. The number of rotatable bonds is 7. The van der Waals surface area contributed by atoms with Crippen molar-refractivity contribution >= 4 is 46.6 Å². The van der Waals surface area contributed by atoms with Gasteiger partial charge in [-0.25, -0.2) is 0 Å². The number of dihydropyridines is 1. The summed E-state index contributed by atoms with van der Waals surface area (Å²) < 4.78 is 0. The average molecular weight is 519 g/mol. The van der Waals surface area contributed by atoms with Crippen molar-refractivity contribution in [1.29, 1.82) is 0 Å². The highest BCUT2D eigenvalue weighted by atomic mass is 35.5. The number of halogens is 1. The summed E-state index contributed by atoms with van der Waals surface area (Å²) in [5.41, 5.74) is 11.7. The molecule has 3 aromatic carbocycles. The largest absolute Gasteiger partial charge is 0.399 e. The normalized spacial score (nSPS) is 15.4. The predicted octanol–water partition coefficient (Wildman–Crippen LogP) is 5.75. The van der Waals surface area contributed by atoms with Crippen LogP contribution in [-0.2, 0) is 9.59 Å². The summed E-state index contributed by atoms with van der Waals surface area (Å²) in [4.78, 5) is 26.0. The Labute approximate surface area is 220 Å². The van der Waals surface area contributed by atoms with Crippen molar-refractivity contribution in [3.05, 3.63) is 117 Å². The maximum atomic E-state index is 13.4. The van der Waals surface area contributed by atoms with Gasteiger partial charge in [-0.2, -0.15) is 0 Å². The Bertz CT molecular complexity index is 1340. The molecule has 0 radical (unpaired) electrons. The quantitative estimate of drug-likeness (QED) is 0.319. The summed E-state index contributed by atoms with van der Waals surface area (Å²) in [6, 6.07) is 24.2. The van der Waals surface area contributed by atoms with E-state index in [1.165, 1.54) is 11.8 Å². The molecule has 0 saturated carbocycles. The lowest BCUT2D eigenvalue weighted by molar-refractivity contribution is -0.114. The number of hydrogen-bond donors (Lipinski definition) is 4. The molecule has 8 heteroatoms. The Morgan fingerprint density at radius 3 is 2.36 bits per heavy atom. The number of hydrogen-bond acceptors (Lipinski definition) is 5. The van der Waals surface area contributed by atoms with Gasteiger partial charge >= 0.3 is 0 Å². The van der Waals surface area contributed by atoms with Crippen molar-refractivity contribution in [2.75, 3.05) is 16.4 Å². The second-order valence-corrected chi connectivity index (χ2v) is 9.88. The van der Waals surface area contributed by atoms with E-state index in [4.69, 9.17) is 17.3 Å². The Morgan fingerprint density at radius 1 is 0.944 bits per heavy atom. The van der Waals surface area contributed by atoms with E-state index in [0.717, 1.165) is 16.8 Å². The van der Waals surface area contributed by atoms with Gasteiger partial charge in [0.15, 0.2) is 0 Å². The summed E-state index contributed by atoms with van der Waals surface area (Å²) in [5, 5.41) is 10.4. The van der Waals surface area contributed by atoms with E-state index in [1.54, 1.807) is 24.3 Å². The van der Waals surface area contributed by atoms with Gasteiger partial charge < -0.3 is 21.7 Å². The first-order valence-corrected chi connectivity index (χ1v) is 12.8. The SMILES string of the molecule is CC1=C(C(=O)Nc2ccc(Cl)cc2)C(c2ccccc2)C(N)=C(SCC(=O)Nc2cccc(C)c2)N1. The van der Waals surface area contributed by atoms with Gasteiger partial charge in [0.1, 0.15) is 0 Å². The van der Waals surface area contributed by atoms with Crippen LogP contribution in [-0.4, -0.2) is 17.6 Å². The van der Waals surface area contributed by atoms with Crippen LogP contribution in [0.3, 0.4) is 0 Å². The molecular weight excluding hydrogens is 492 g/mol. The maximum Gasteiger partial charge on any atom is 0.254 e. The van der Waals surface area contributed by atoms with Crippen LogP contribution in [0.25, 0.3) is 0 Å². The van der Waals surface area contributed by atoms with Crippen LogP contribution in [0, 0.1) is 6.92 Å². The van der Waals surface area contributed by atoms with Gasteiger partial charge in [0.05, 0.1) is 22.4 Å². The van der Waals surface area contributed by atoms with Gasteiger partial charge in [-0.1, -0.05) is 65.8 Å². The number of nitrogens with one attached hydrogen (secondary N) is 3. The van der Waals surface area contributed by atoms with Gasteiger partial charge in [0, 0.05) is 27.7 Å². The van der Waals surface area contributed by atoms with Crippen LogP contribution >= 0.6 is 23.4 Å². The highest BCUT2D eigenvalue weighted by molar-refractivity contribution is 8.03. The molecular formula is C28H27ClN4O2S. The predicted molar refractivity (Wildman–Crippen MR) is 149 cm³/mol. The topological polar surface area (TPSA) is 96.2 Å². The molecule has 0 fully saturated rings. The van der Waals surface area contributed by atoms with Crippen LogP contribution in [0.2, 0.25) is 5.02 Å². The molecule has 3 aromatic rings. The van der Waals surface area contributed by atoms with Crippen LogP contribution in [0.4, 0.5) is 11.4 Å². The lowest BCUT2D eigenvalue weighted by atomic mass is 9.85. The van der Waals surface area contributed by atoms with Crippen LogP contribution in [0.15, 0.2) is 101 Å². The first-order chi connectivity index (χ1) is 17.3. The Morgan fingerprint density at radius 2 is 1.67 bits per heavy atom. The zero-order valence-corrected chi connectivity index (χ0v) is 21.5. The van der Waals surface area contributed by atoms with Gasteiger partial charge in [-0.15, -0.1) is 0 Å². The lowest BCUT2D eigenvalue weighted by Crippen LogP contribution is -2.33. The van der Waals surface area contributed by atoms with Crippen LogP contribution in [0.5, 0.6) is 0 Å². The Balaban J connectivity index is 1.56. The third kappa shape index (κ3) is 6.11. The number of anilines is 2. The van der Waals surface area contributed by atoms with E-state index in [0.29, 0.717) is 32.7 Å². The first kappa shape index (κ1) is 25.4. The Kier molecular flexibility index (Phi) is 8.03. The summed E-state index contributed by atoms with van der Waals surface area (Å²) in [6.07, 6.45) is 0. The molecule has 0 bridgehead atoms. The highest BCUT2D eigenvalue weighted by Crippen LogP contribution is 2.38. The van der Waals surface area contributed by atoms with E-state index in [9.17, 15) is 9.59 Å². The van der Waals surface area contributed by atoms with Gasteiger partial charge in [0.2, 0.25) is 5.91 Å². The number of nitrogens with two attached hydrogens (primary N) is 1. The van der Waals surface area contributed by atoms with E-state index < -0.39 is 5.92 Å². The molecule has 1 aliphatic rings. The van der Waals surface area contributed by atoms with Crippen LogP contribution < -0.4 is 21.7 Å². The average Bonchev–Trinajstić information content (AvgIpc) is 2.86. The number of allylic oxidation sites excluding steroid dienone is 2. The third-order valence-corrected chi connectivity index (χ3v) is 6.98. The molecule has 0 spiro atoms. The number of aryl methyl sites for hydroxylation is 1. The van der Waals surface area contributed by atoms with Gasteiger partial charge in [-0.3, -0.25) is 9.59 Å². The third-order valence-electron chi connectivity index (χ3n) is 5.70. The molecule has 1 aliphatic heterocycles. The molecule has 36 heavy (non-hydrogen) atoms. The number of benzene rings is 3. The number of amides is 2. The van der Waals surface area contributed by atoms with Crippen molar-refractivity contribution in [2.45, 2.75) is 19.8 Å². The number of carbonyl (C=O) groups excluding carboxylic acids is 2. The maximum absolute atomic E-state index is 13.4. The number of carbonyl (C=O) groups is 2. The minimum absolute atomic E-state index is 0.142. The second-order valence-electron chi connectivity index (χ2n) is 8.46. The molecule has 0 aliphatic carbocycles. The molecule has 184 valence electrons. The van der Waals surface area contributed by atoms with E-state index in [1.807, 2.05) is 68.4 Å². The van der Waals surface area contributed by atoms with Crippen LogP contribution in [0.1, 0.15) is 24.0 Å². The fourth-order valence-electron chi connectivity index (χ4n) is 4.01. The van der Waals surface area contributed by atoms with Gasteiger partial charge in [-0.05, 0) is 61.4 Å². The van der Waals surface area contributed by atoms with Gasteiger partial charge in [0.25, 0.3) is 5.91 Å². The lowest BCUT2D eigenvalue weighted by Gasteiger charge is -2.30. The molecule has 0 aromatic heterocycles. The molecule has 2 amide bonds. The molecule has 4 rings (SSSR count). The van der Waals surface area contributed by atoms with E-state index in [-0.39, 0.29) is 17.6 Å². The Hall–Kier alpha value is -3.68. The van der Waals surface area contributed by atoms with Crippen molar-refractivity contribution in [3.63, 3.8) is 0 Å². The summed E-state index contributed by atoms with van der Waals surface area (Å²) in [6.45, 7) is 3.81. The fraction of sp³-hybridized carbons (Fsp3) is 0.143. The number of thioether (sulfide) groups is 1. The molecule has 1 unspecified atom stereocenters. The summed E-state index contributed by atoms with van der Waals surface area (Å²) in [7, 11) is 0. The monoisotopic (exact) mass is 518 g/mol. The van der Waals surface area contributed by atoms with E-state index >= 15 is 0 Å². The first-order valence-electron chi connectivity index (χ1n) is 11.4.